The maximum absolute atomic E-state index is 12.8. The molecule has 1 saturated heterocycles. The number of nitrogens with zero attached hydrogens (tertiary/aromatic N) is 4. The van der Waals surface area contributed by atoms with Crippen molar-refractivity contribution in [2.45, 2.75) is 6.92 Å². The Morgan fingerprint density at radius 1 is 0.971 bits per heavy atom. The van der Waals surface area contributed by atoms with Crippen LogP contribution >= 0.6 is 15.9 Å². The number of carbonyl (C=O) groups is 2. The lowest BCUT2D eigenvalue weighted by molar-refractivity contribution is -0.133. The number of halogens is 1. The van der Waals surface area contributed by atoms with Gasteiger partial charge in [-0.1, -0.05) is 40.2 Å². The monoisotopic (exact) mass is 540 g/mol. The lowest BCUT2D eigenvalue weighted by Gasteiger charge is -2.36. The molecular weight excluding hydrogens is 516 g/mol. The molecule has 0 spiro atoms. The second-order valence-electron chi connectivity index (χ2n) is 7.80. The first-order valence-electron chi connectivity index (χ1n) is 11.2. The summed E-state index contributed by atoms with van der Waals surface area (Å²) in [5.41, 5.74) is 0.907. The Kier molecular flexibility index (Phi) is 7.81. The van der Waals surface area contributed by atoms with Crippen LogP contribution in [0, 0.1) is 0 Å². The van der Waals surface area contributed by atoms with Crippen LogP contribution in [0.1, 0.15) is 17.4 Å². The highest BCUT2D eigenvalue weighted by atomic mass is 79.9. The Balaban J connectivity index is 1.47. The Labute approximate surface area is 211 Å². The largest absolute Gasteiger partial charge is 0.481 e. The van der Waals surface area contributed by atoms with Gasteiger partial charge in [0.05, 0.1) is 18.4 Å². The van der Waals surface area contributed by atoms with Crippen molar-refractivity contribution in [2.75, 3.05) is 44.3 Å². The fourth-order valence-electron chi connectivity index (χ4n) is 3.77. The maximum atomic E-state index is 12.8. The molecule has 0 unspecified atom stereocenters. The van der Waals surface area contributed by atoms with Gasteiger partial charge in [-0.05, 0) is 37.3 Å². The van der Waals surface area contributed by atoms with Crippen molar-refractivity contribution >= 4 is 33.5 Å². The number of hydrogen-bond acceptors (Lipinski definition) is 7. The lowest BCUT2D eigenvalue weighted by atomic mass is 10.2. The van der Waals surface area contributed by atoms with E-state index in [9.17, 15) is 14.4 Å². The molecular formula is C25H25BrN4O5. The van der Waals surface area contributed by atoms with Crippen molar-refractivity contribution in [3.05, 3.63) is 81.2 Å². The molecule has 2 heterocycles. The minimum absolute atomic E-state index is 0.0871. The molecule has 4 rings (SSSR count). The molecule has 35 heavy (non-hydrogen) atoms. The van der Waals surface area contributed by atoms with Gasteiger partial charge in [0.1, 0.15) is 0 Å². The first-order valence-corrected chi connectivity index (χ1v) is 12.0. The minimum atomic E-state index is -0.741. The topological polar surface area (TPSA) is 94.0 Å². The summed E-state index contributed by atoms with van der Waals surface area (Å²) in [7, 11) is 0. The van der Waals surface area contributed by atoms with Crippen LogP contribution in [0.2, 0.25) is 0 Å². The molecule has 0 saturated carbocycles. The number of piperazine rings is 1. The van der Waals surface area contributed by atoms with E-state index < -0.39 is 11.5 Å². The van der Waals surface area contributed by atoms with E-state index in [2.05, 4.69) is 25.9 Å². The van der Waals surface area contributed by atoms with E-state index in [0.29, 0.717) is 31.9 Å². The maximum Gasteiger partial charge on any atom is 0.362 e. The van der Waals surface area contributed by atoms with Crippen LogP contribution < -0.4 is 15.2 Å². The zero-order valence-corrected chi connectivity index (χ0v) is 20.8. The Hall–Kier alpha value is -3.66. The number of hydrogen-bond donors (Lipinski definition) is 0. The first-order chi connectivity index (χ1) is 17.0. The number of para-hydroxylation sites is 1. The third kappa shape index (κ3) is 5.89. The predicted molar refractivity (Wildman–Crippen MR) is 134 cm³/mol. The lowest BCUT2D eigenvalue weighted by Crippen LogP contribution is -2.50. The normalized spacial score (nSPS) is 13.4. The molecule has 9 nitrogen and oxygen atoms in total. The standard InChI is InChI=1S/C25H25BrN4O5/c1-2-34-25(33)24-21(16-22(31)30(27-24)20-10-6-7-18(26)15-20)35-17-23(32)29-13-11-28(12-14-29)19-8-4-3-5-9-19/h3-10,15-16H,2,11-14,17H2,1H3. The number of aromatic nitrogens is 2. The molecule has 1 aromatic heterocycles. The van der Waals surface area contributed by atoms with Crippen LogP contribution in [-0.2, 0) is 9.53 Å². The van der Waals surface area contributed by atoms with E-state index in [1.807, 2.05) is 36.4 Å². The molecule has 0 N–H and O–H groups in total. The average molecular weight is 541 g/mol. The van der Waals surface area contributed by atoms with Crippen LogP contribution in [0.25, 0.3) is 5.69 Å². The van der Waals surface area contributed by atoms with Gasteiger partial charge in [-0.3, -0.25) is 9.59 Å². The SMILES string of the molecule is CCOC(=O)c1nn(-c2cccc(Br)c2)c(=O)cc1OCC(=O)N1CCN(c2ccccc2)CC1. The van der Waals surface area contributed by atoms with Gasteiger partial charge in [0, 0.05) is 36.3 Å². The summed E-state index contributed by atoms with van der Waals surface area (Å²) in [6.45, 7) is 3.97. The van der Waals surface area contributed by atoms with Crippen molar-refractivity contribution in [1.29, 1.82) is 0 Å². The summed E-state index contributed by atoms with van der Waals surface area (Å²) in [6.07, 6.45) is 0. The van der Waals surface area contributed by atoms with Crippen molar-refractivity contribution in [2.24, 2.45) is 0 Å². The van der Waals surface area contributed by atoms with Gasteiger partial charge in [-0.2, -0.15) is 9.78 Å². The van der Waals surface area contributed by atoms with Gasteiger partial charge in [-0.25, -0.2) is 4.79 Å². The van der Waals surface area contributed by atoms with Crippen LogP contribution in [0.3, 0.4) is 0 Å². The van der Waals surface area contributed by atoms with Gasteiger partial charge >= 0.3 is 5.97 Å². The summed E-state index contributed by atoms with van der Waals surface area (Å²) in [6, 6.07) is 18.1. The van der Waals surface area contributed by atoms with E-state index in [4.69, 9.17) is 9.47 Å². The van der Waals surface area contributed by atoms with Gasteiger partial charge in [0.2, 0.25) is 5.69 Å². The minimum Gasteiger partial charge on any atom is -0.481 e. The predicted octanol–water partition coefficient (Wildman–Crippen LogP) is 2.90. The van der Waals surface area contributed by atoms with E-state index in [1.165, 1.54) is 0 Å². The Bertz CT molecular complexity index is 1260. The summed E-state index contributed by atoms with van der Waals surface area (Å²) in [5, 5.41) is 4.19. The molecule has 0 bridgehead atoms. The number of ether oxygens (including phenoxy) is 2. The van der Waals surface area contributed by atoms with Gasteiger partial charge in [-0.15, -0.1) is 0 Å². The molecule has 0 aliphatic carbocycles. The number of carbonyl (C=O) groups excluding carboxylic acids is 2. The number of esters is 1. The number of amides is 1. The summed E-state index contributed by atoms with van der Waals surface area (Å²) >= 11 is 3.36. The van der Waals surface area contributed by atoms with Crippen LogP contribution in [0.4, 0.5) is 5.69 Å². The molecule has 1 aliphatic rings. The third-order valence-electron chi connectivity index (χ3n) is 5.52. The number of benzene rings is 2. The molecule has 0 radical (unpaired) electrons. The zero-order chi connectivity index (χ0) is 24.8. The Morgan fingerprint density at radius 2 is 1.69 bits per heavy atom. The molecule has 10 heteroatoms. The summed E-state index contributed by atoms with van der Waals surface area (Å²) in [4.78, 5) is 42.0. The number of anilines is 1. The molecule has 1 fully saturated rings. The molecule has 1 amide bonds. The second kappa shape index (κ2) is 11.2. The molecule has 182 valence electrons. The van der Waals surface area contributed by atoms with Crippen molar-refractivity contribution < 1.29 is 19.1 Å². The van der Waals surface area contributed by atoms with Crippen LogP contribution in [0.15, 0.2) is 69.9 Å². The van der Waals surface area contributed by atoms with E-state index in [-0.39, 0.29) is 30.6 Å². The van der Waals surface area contributed by atoms with Crippen molar-refractivity contribution in [3.63, 3.8) is 0 Å². The smallest absolute Gasteiger partial charge is 0.362 e. The second-order valence-corrected chi connectivity index (χ2v) is 8.72. The van der Waals surface area contributed by atoms with E-state index >= 15 is 0 Å². The quantitative estimate of drug-likeness (QED) is 0.425. The van der Waals surface area contributed by atoms with E-state index in [0.717, 1.165) is 20.9 Å². The first kappa shape index (κ1) is 24.5. The fourth-order valence-corrected chi connectivity index (χ4v) is 4.15. The van der Waals surface area contributed by atoms with Crippen molar-refractivity contribution in [1.82, 2.24) is 14.7 Å². The molecule has 2 aromatic carbocycles. The van der Waals surface area contributed by atoms with Crippen molar-refractivity contribution in [3.8, 4) is 11.4 Å². The third-order valence-corrected chi connectivity index (χ3v) is 6.02. The fraction of sp³-hybridized carbons (Fsp3) is 0.280. The molecule has 1 aliphatic heterocycles. The average Bonchev–Trinajstić information content (AvgIpc) is 2.88. The van der Waals surface area contributed by atoms with Crippen LogP contribution in [0.5, 0.6) is 5.75 Å². The van der Waals surface area contributed by atoms with Gasteiger partial charge < -0.3 is 19.3 Å². The van der Waals surface area contributed by atoms with Crippen LogP contribution in [-0.4, -0.2) is 65.9 Å². The highest BCUT2D eigenvalue weighted by Crippen LogP contribution is 2.19. The summed E-state index contributed by atoms with van der Waals surface area (Å²) < 4.78 is 12.6. The number of rotatable bonds is 7. The Morgan fingerprint density at radius 3 is 2.37 bits per heavy atom. The van der Waals surface area contributed by atoms with E-state index in [1.54, 1.807) is 30.0 Å². The summed E-state index contributed by atoms with van der Waals surface area (Å²) in [5.74, 6) is -1.06. The highest BCUT2D eigenvalue weighted by molar-refractivity contribution is 9.10. The highest BCUT2D eigenvalue weighted by Gasteiger charge is 2.24. The molecule has 0 atom stereocenters. The van der Waals surface area contributed by atoms with Gasteiger partial charge in [0.25, 0.3) is 11.5 Å². The zero-order valence-electron chi connectivity index (χ0n) is 19.2. The van der Waals surface area contributed by atoms with Gasteiger partial charge in [0.15, 0.2) is 12.4 Å². The molecule has 3 aromatic rings.